The number of pyridine rings is 1. The lowest BCUT2D eigenvalue weighted by Crippen LogP contribution is -1.98. The molecule has 2 aromatic heterocycles. The summed E-state index contributed by atoms with van der Waals surface area (Å²) in [4.78, 5) is 12.6. The summed E-state index contributed by atoms with van der Waals surface area (Å²) in [7, 11) is 0. The maximum atomic E-state index is 12.8. The first-order valence-corrected chi connectivity index (χ1v) is 6.52. The van der Waals surface area contributed by atoms with Crippen molar-refractivity contribution >= 4 is 23.4 Å². The maximum absolute atomic E-state index is 12.8. The Morgan fingerprint density at radius 1 is 1.24 bits per heavy atom. The van der Waals surface area contributed by atoms with E-state index in [0.29, 0.717) is 16.7 Å². The highest BCUT2D eigenvalue weighted by atomic mass is 35.5. The molecule has 17 heavy (non-hydrogen) atoms. The minimum atomic E-state index is -0.378. The van der Waals surface area contributed by atoms with E-state index in [1.807, 2.05) is 0 Å². The van der Waals surface area contributed by atoms with Crippen LogP contribution in [0.25, 0.3) is 11.5 Å². The number of aromatic nitrogens is 3. The fourth-order valence-corrected chi connectivity index (χ4v) is 3.01. The van der Waals surface area contributed by atoms with E-state index in [9.17, 15) is 4.39 Å². The van der Waals surface area contributed by atoms with Crippen molar-refractivity contribution in [2.45, 2.75) is 11.5 Å². The Hall–Kier alpha value is -1.20. The molecule has 0 aliphatic carbocycles. The molecule has 0 radical (unpaired) electrons. The van der Waals surface area contributed by atoms with E-state index in [0.717, 1.165) is 29.0 Å². The summed E-state index contributed by atoms with van der Waals surface area (Å²) in [6.07, 6.45) is 1.15. The van der Waals surface area contributed by atoms with Crippen LogP contribution in [0.3, 0.4) is 0 Å². The number of rotatable bonds is 1. The summed E-state index contributed by atoms with van der Waals surface area (Å²) < 4.78 is 12.8. The van der Waals surface area contributed by atoms with Crippen LogP contribution in [0.4, 0.5) is 4.39 Å². The van der Waals surface area contributed by atoms with Crippen LogP contribution in [0.15, 0.2) is 18.3 Å². The number of thioether (sulfide) groups is 1. The molecule has 0 atom stereocenters. The summed E-state index contributed by atoms with van der Waals surface area (Å²) in [5.74, 6) is 1.77. The number of nitrogens with zero attached hydrogens (tertiary/aromatic N) is 3. The molecule has 3 rings (SSSR count). The van der Waals surface area contributed by atoms with Crippen molar-refractivity contribution in [3.8, 4) is 11.5 Å². The lowest BCUT2D eigenvalue weighted by molar-refractivity contribution is 0.621. The van der Waals surface area contributed by atoms with Gasteiger partial charge >= 0.3 is 0 Å². The Morgan fingerprint density at radius 3 is 2.88 bits per heavy atom. The highest BCUT2D eigenvalue weighted by Gasteiger charge is 2.19. The highest BCUT2D eigenvalue weighted by Crippen LogP contribution is 2.33. The van der Waals surface area contributed by atoms with Gasteiger partial charge in [0.2, 0.25) is 0 Å². The zero-order chi connectivity index (χ0) is 11.8. The van der Waals surface area contributed by atoms with Gasteiger partial charge in [-0.05, 0) is 12.1 Å². The SMILES string of the molecule is Fc1ccc(-c2nc(Cl)c3c(n2)CSC3)nc1. The lowest BCUT2D eigenvalue weighted by Gasteiger charge is -2.04. The zero-order valence-electron chi connectivity index (χ0n) is 8.65. The molecule has 1 aliphatic rings. The minimum absolute atomic E-state index is 0.378. The second kappa shape index (κ2) is 4.23. The molecule has 86 valence electrons. The first-order valence-electron chi connectivity index (χ1n) is 4.99. The smallest absolute Gasteiger partial charge is 0.179 e. The van der Waals surface area contributed by atoms with Crippen LogP contribution < -0.4 is 0 Å². The Bertz CT molecular complexity index is 574. The molecule has 0 N–H and O–H groups in total. The molecule has 3 nitrogen and oxygen atoms in total. The molecule has 0 fully saturated rings. The van der Waals surface area contributed by atoms with Crippen LogP contribution >= 0.6 is 23.4 Å². The first-order chi connectivity index (χ1) is 8.24. The summed E-state index contributed by atoms with van der Waals surface area (Å²) in [5, 5.41) is 0.473. The Morgan fingerprint density at radius 2 is 2.12 bits per heavy atom. The summed E-state index contributed by atoms with van der Waals surface area (Å²) >= 11 is 7.85. The molecule has 0 aromatic carbocycles. The zero-order valence-corrected chi connectivity index (χ0v) is 10.2. The van der Waals surface area contributed by atoms with E-state index in [2.05, 4.69) is 15.0 Å². The van der Waals surface area contributed by atoms with Crippen LogP contribution in [0.5, 0.6) is 0 Å². The van der Waals surface area contributed by atoms with Gasteiger partial charge in [0.15, 0.2) is 5.82 Å². The van der Waals surface area contributed by atoms with Crippen molar-refractivity contribution in [1.82, 2.24) is 15.0 Å². The predicted molar refractivity (Wildman–Crippen MR) is 65.2 cm³/mol. The Kier molecular flexibility index (Phi) is 2.72. The van der Waals surface area contributed by atoms with Crippen LogP contribution in [0.2, 0.25) is 5.15 Å². The van der Waals surface area contributed by atoms with E-state index in [1.165, 1.54) is 6.07 Å². The summed E-state index contributed by atoms with van der Waals surface area (Å²) in [6.45, 7) is 0. The van der Waals surface area contributed by atoms with Crippen molar-refractivity contribution < 1.29 is 4.39 Å². The second-order valence-electron chi connectivity index (χ2n) is 3.62. The molecule has 0 unspecified atom stereocenters. The third-order valence-corrected chi connectivity index (χ3v) is 3.77. The molecule has 0 saturated carbocycles. The first kappa shape index (κ1) is 10.9. The average Bonchev–Trinajstić information content (AvgIpc) is 2.78. The number of fused-ring (bicyclic) bond motifs is 1. The van der Waals surface area contributed by atoms with Gasteiger partial charge in [0.1, 0.15) is 16.7 Å². The Balaban J connectivity index is 2.10. The maximum Gasteiger partial charge on any atom is 0.179 e. The highest BCUT2D eigenvalue weighted by molar-refractivity contribution is 7.98. The molecule has 6 heteroatoms. The fourth-order valence-electron chi connectivity index (χ4n) is 1.63. The van der Waals surface area contributed by atoms with Gasteiger partial charge in [0, 0.05) is 17.1 Å². The van der Waals surface area contributed by atoms with Crippen molar-refractivity contribution in [1.29, 1.82) is 0 Å². The van der Waals surface area contributed by atoms with Crippen LogP contribution in [-0.4, -0.2) is 15.0 Å². The molecule has 0 spiro atoms. The molecule has 1 aliphatic heterocycles. The van der Waals surface area contributed by atoms with E-state index in [-0.39, 0.29) is 5.82 Å². The van der Waals surface area contributed by atoms with Crippen LogP contribution in [0, 0.1) is 5.82 Å². The summed E-state index contributed by atoms with van der Waals surface area (Å²) in [6, 6.07) is 2.89. The van der Waals surface area contributed by atoms with Crippen LogP contribution in [0.1, 0.15) is 11.3 Å². The van der Waals surface area contributed by atoms with Gasteiger partial charge in [-0.15, -0.1) is 0 Å². The largest absolute Gasteiger partial charge is 0.250 e. The van der Waals surface area contributed by atoms with Gasteiger partial charge in [-0.3, -0.25) is 0 Å². The second-order valence-corrected chi connectivity index (χ2v) is 4.96. The third kappa shape index (κ3) is 2.00. The fraction of sp³-hybridized carbons (Fsp3) is 0.182. The normalized spacial score (nSPS) is 13.8. The van der Waals surface area contributed by atoms with E-state index in [4.69, 9.17) is 11.6 Å². The molecule has 3 heterocycles. The average molecular weight is 268 g/mol. The van der Waals surface area contributed by atoms with Gasteiger partial charge in [-0.1, -0.05) is 11.6 Å². The van der Waals surface area contributed by atoms with Gasteiger partial charge in [-0.25, -0.2) is 19.3 Å². The van der Waals surface area contributed by atoms with Crippen molar-refractivity contribution in [2.24, 2.45) is 0 Å². The van der Waals surface area contributed by atoms with Gasteiger partial charge < -0.3 is 0 Å². The van der Waals surface area contributed by atoms with Crippen molar-refractivity contribution in [3.05, 3.63) is 40.6 Å². The van der Waals surface area contributed by atoms with E-state index >= 15 is 0 Å². The molecule has 0 bridgehead atoms. The van der Waals surface area contributed by atoms with Gasteiger partial charge in [-0.2, -0.15) is 11.8 Å². The van der Waals surface area contributed by atoms with Gasteiger partial charge in [0.05, 0.1) is 11.9 Å². The standard InChI is InChI=1S/C11H7ClFN3S/c12-10-7-4-17-5-9(7)15-11(16-10)8-2-1-6(13)3-14-8/h1-3H,4-5H2. The van der Waals surface area contributed by atoms with Gasteiger partial charge in [0.25, 0.3) is 0 Å². The predicted octanol–water partition coefficient (Wildman–Crippen LogP) is 3.08. The molecule has 0 amide bonds. The minimum Gasteiger partial charge on any atom is -0.250 e. The number of hydrogen-bond acceptors (Lipinski definition) is 4. The topological polar surface area (TPSA) is 38.7 Å². The van der Waals surface area contributed by atoms with E-state index in [1.54, 1.807) is 17.8 Å². The summed E-state index contributed by atoms with van der Waals surface area (Å²) in [5.41, 5.74) is 2.49. The number of hydrogen-bond donors (Lipinski definition) is 0. The molecule has 0 saturated heterocycles. The third-order valence-electron chi connectivity index (χ3n) is 2.48. The quantitative estimate of drug-likeness (QED) is 0.745. The molecule has 2 aromatic rings. The van der Waals surface area contributed by atoms with Crippen LogP contribution in [-0.2, 0) is 11.5 Å². The molecular weight excluding hydrogens is 261 g/mol. The van der Waals surface area contributed by atoms with Crippen molar-refractivity contribution in [2.75, 3.05) is 0 Å². The Labute approximate surface area is 106 Å². The van der Waals surface area contributed by atoms with E-state index < -0.39 is 0 Å². The number of halogens is 2. The lowest BCUT2D eigenvalue weighted by atomic mass is 10.2. The monoisotopic (exact) mass is 267 g/mol. The molecular formula is C11H7ClFN3S. The van der Waals surface area contributed by atoms with Crippen molar-refractivity contribution in [3.63, 3.8) is 0 Å².